The summed E-state index contributed by atoms with van der Waals surface area (Å²) in [5.74, 6) is 0. The number of nitrogens with zero attached hydrogens (tertiary/aromatic N) is 6. The van der Waals surface area contributed by atoms with E-state index in [-0.39, 0.29) is 5.17 Å². The first-order valence-corrected chi connectivity index (χ1v) is 12.6. The first-order valence-electron chi connectivity index (χ1n) is 12.6. The van der Waals surface area contributed by atoms with Crippen LogP contribution in [0.2, 0.25) is 0 Å². The number of nitrogens with one attached hydrogen (secondary N) is 2. The van der Waals surface area contributed by atoms with Crippen molar-refractivity contribution < 1.29 is 5.17 Å². The molecule has 0 aromatic heterocycles. The van der Waals surface area contributed by atoms with E-state index < -0.39 is 0 Å². The number of aryl methyl sites for hydroxylation is 1. The highest BCUT2D eigenvalue weighted by Crippen LogP contribution is 2.26. The van der Waals surface area contributed by atoms with E-state index in [9.17, 15) is 5.21 Å². The second-order valence-electron chi connectivity index (χ2n) is 8.79. The van der Waals surface area contributed by atoms with Gasteiger partial charge in [-0.1, -0.05) is 36.4 Å². The van der Waals surface area contributed by atoms with Crippen LogP contribution in [-0.4, -0.2) is 0 Å². The summed E-state index contributed by atoms with van der Waals surface area (Å²) in [6, 6.07) is 38.9. The smallest absolute Gasteiger partial charge is 0.156 e. The lowest BCUT2D eigenvalue weighted by Crippen LogP contribution is -3.05. The predicted molar refractivity (Wildman–Crippen MR) is 157 cm³/mol. The Balaban J connectivity index is 1.17. The molecule has 0 saturated heterocycles. The number of quaternary nitrogens is 1. The van der Waals surface area contributed by atoms with Gasteiger partial charge in [-0.05, 0) is 91.3 Å². The van der Waals surface area contributed by atoms with Gasteiger partial charge in [0.2, 0.25) is 0 Å². The summed E-state index contributed by atoms with van der Waals surface area (Å²) < 4.78 is 0. The van der Waals surface area contributed by atoms with Crippen LogP contribution in [0, 0.1) is 12.1 Å². The van der Waals surface area contributed by atoms with E-state index in [1.165, 1.54) is 0 Å². The average Bonchev–Trinajstić information content (AvgIpc) is 3.00. The zero-order chi connectivity index (χ0) is 27.6. The van der Waals surface area contributed by atoms with Crippen LogP contribution >= 0.6 is 0 Å². The van der Waals surface area contributed by atoms with E-state index in [2.05, 4.69) is 36.1 Å². The molecule has 0 spiro atoms. The minimum atomic E-state index is -0.217. The molecule has 9 nitrogen and oxygen atoms in total. The molecule has 1 unspecified atom stereocenters. The molecule has 40 heavy (non-hydrogen) atoms. The lowest BCUT2D eigenvalue weighted by molar-refractivity contribution is -0.749. The number of rotatable bonds is 9. The Kier molecular flexibility index (Phi) is 8.47. The summed E-state index contributed by atoms with van der Waals surface area (Å²) in [6.45, 7) is 1.89. The molecular weight excluding hydrogens is 500 g/mol. The van der Waals surface area contributed by atoms with Crippen molar-refractivity contribution in [2.24, 2.45) is 30.7 Å². The first-order chi connectivity index (χ1) is 19.6. The van der Waals surface area contributed by atoms with Gasteiger partial charge in [0.1, 0.15) is 0 Å². The highest BCUT2D eigenvalue weighted by molar-refractivity contribution is 5.54. The Bertz CT molecular complexity index is 1620. The van der Waals surface area contributed by atoms with Crippen LogP contribution < -0.4 is 10.6 Å². The van der Waals surface area contributed by atoms with Crippen molar-refractivity contribution in [1.82, 2.24) is 0 Å². The van der Waals surface area contributed by atoms with E-state index in [0.29, 0.717) is 28.4 Å². The lowest BCUT2D eigenvalue weighted by Gasteiger charge is -2.23. The Labute approximate surface area is 231 Å². The molecule has 0 amide bonds. The van der Waals surface area contributed by atoms with Crippen LogP contribution in [0.4, 0.5) is 45.5 Å². The summed E-state index contributed by atoms with van der Waals surface area (Å²) in [5, 5.41) is 38.1. The summed E-state index contributed by atoms with van der Waals surface area (Å²) in [5.41, 5.74) is 9.28. The number of benzene rings is 5. The maximum Gasteiger partial charge on any atom is 0.156 e. The second kappa shape index (κ2) is 12.9. The summed E-state index contributed by atoms with van der Waals surface area (Å²) in [4.78, 5) is 0. The molecule has 9 heteroatoms. The fourth-order valence-corrected chi connectivity index (χ4v) is 3.64. The molecule has 0 fully saturated rings. The molecule has 0 saturated carbocycles. The summed E-state index contributed by atoms with van der Waals surface area (Å²) >= 11 is 0. The van der Waals surface area contributed by atoms with Gasteiger partial charge < -0.3 is 5.21 Å². The first kappa shape index (κ1) is 26.2. The van der Waals surface area contributed by atoms with E-state index >= 15 is 0 Å². The number of hydrogen-bond donors (Lipinski definition) is 2. The fourth-order valence-electron chi connectivity index (χ4n) is 3.64. The van der Waals surface area contributed by atoms with Crippen molar-refractivity contribution in [3.8, 4) is 0 Å². The number of hydrogen-bond acceptors (Lipinski definition) is 8. The highest BCUT2D eigenvalue weighted by atomic mass is 16.5. The quantitative estimate of drug-likeness (QED) is 0.147. The van der Waals surface area contributed by atoms with Gasteiger partial charge in [0.25, 0.3) is 0 Å². The molecule has 5 rings (SSSR count). The standard InChI is InChI=1S/C31H26N8O/c1-23-22-30(39(40)38-29-18-16-27(17-19-29)35-33-25-10-6-3-7-11-25)20-21-31(23)37-36-28-14-12-26(13-15-28)34-32-24-8-4-2-5-9-24/h2-22,38-39H,1H3. The van der Waals surface area contributed by atoms with Gasteiger partial charge in [0.15, 0.2) is 5.69 Å². The predicted octanol–water partition coefficient (Wildman–Crippen LogP) is 9.28. The van der Waals surface area contributed by atoms with Gasteiger partial charge in [0, 0.05) is 12.1 Å². The Morgan fingerprint density at radius 1 is 0.500 bits per heavy atom. The molecule has 0 aliphatic rings. The second-order valence-corrected chi connectivity index (χ2v) is 8.79. The Morgan fingerprint density at radius 2 is 0.925 bits per heavy atom. The molecule has 5 aromatic rings. The zero-order valence-corrected chi connectivity index (χ0v) is 21.7. The molecule has 0 heterocycles. The largest absolute Gasteiger partial charge is 0.603 e. The maximum atomic E-state index is 12.8. The normalized spacial score (nSPS) is 12.3. The van der Waals surface area contributed by atoms with Crippen molar-refractivity contribution >= 4 is 45.5 Å². The zero-order valence-electron chi connectivity index (χ0n) is 21.7. The van der Waals surface area contributed by atoms with Crippen molar-refractivity contribution in [2.75, 3.05) is 5.43 Å². The summed E-state index contributed by atoms with van der Waals surface area (Å²) in [7, 11) is 0. The molecule has 5 aromatic carbocycles. The van der Waals surface area contributed by atoms with Crippen molar-refractivity contribution in [3.05, 3.63) is 138 Å². The summed E-state index contributed by atoms with van der Waals surface area (Å²) in [6.07, 6.45) is 0. The van der Waals surface area contributed by atoms with Gasteiger partial charge in [-0.25, -0.2) is 10.6 Å². The molecule has 1 atom stereocenters. The van der Waals surface area contributed by atoms with Gasteiger partial charge in [0.05, 0.1) is 39.8 Å². The Hall–Kier alpha value is -5.38. The van der Waals surface area contributed by atoms with Crippen LogP contribution in [0.1, 0.15) is 5.56 Å². The molecule has 2 N–H and O–H groups in total. The van der Waals surface area contributed by atoms with E-state index in [1.807, 2.05) is 91.9 Å². The third kappa shape index (κ3) is 7.35. The minimum absolute atomic E-state index is 0.217. The molecule has 0 aliphatic carbocycles. The topological polar surface area (TPSA) is 114 Å². The lowest BCUT2D eigenvalue weighted by atomic mass is 10.2. The minimum Gasteiger partial charge on any atom is -0.603 e. The van der Waals surface area contributed by atoms with Gasteiger partial charge in [-0.3, -0.25) is 0 Å². The fraction of sp³-hybridized carbons (Fsp3) is 0.0323. The van der Waals surface area contributed by atoms with Gasteiger partial charge in [-0.15, -0.1) is 0 Å². The molecule has 0 radical (unpaired) electrons. The van der Waals surface area contributed by atoms with E-state index in [4.69, 9.17) is 0 Å². The van der Waals surface area contributed by atoms with Crippen LogP contribution in [0.15, 0.2) is 158 Å². The Morgan fingerprint density at radius 3 is 1.40 bits per heavy atom. The monoisotopic (exact) mass is 526 g/mol. The van der Waals surface area contributed by atoms with Gasteiger partial charge in [-0.2, -0.15) is 30.7 Å². The van der Waals surface area contributed by atoms with Crippen molar-refractivity contribution in [3.63, 3.8) is 0 Å². The average molecular weight is 527 g/mol. The van der Waals surface area contributed by atoms with Crippen LogP contribution in [0.25, 0.3) is 0 Å². The molecule has 0 aliphatic heterocycles. The maximum absolute atomic E-state index is 12.8. The van der Waals surface area contributed by atoms with E-state index in [1.54, 1.807) is 42.5 Å². The number of azo groups is 3. The van der Waals surface area contributed by atoms with Crippen LogP contribution in [0.3, 0.4) is 0 Å². The van der Waals surface area contributed by atoms with Crippen LogP contribution in [0.5, 0.6) is 0 Å². The SMILES string of the molecule is Cc1cc([NH+]([O-])Nc2ccc(N=Nc3ccccc3)cc2)ccc1N=Nc1ccc(N=Nc2ccccc2)cc1. The third-order valence-corrected chi connectivity index (χ3v) is 5.78. The van der Waals surface area contributed by atoms with Crippen molar-refractivity contribution in [2.45, 2.75) is 6.92 Å². The van der Waals surface area contributed by atoms with Crippen LogP contribution in [-0.2, 0) is 0 Å². The number of anilines is 1. The third-order valence-electron chi connectivity index (χ3n) is 5.78. The molecule has 0 bridgehead atoms. The molecule has 196 valence electrons. The van der Waals surface area contributed by atoms with Crippen molar-refractivity contribution in [1.29, 1.82) is 0 Å². The van der Waals surface area contributed by atoms with E-state index in [0.717, 1.165) is 22.6 Å². The van der Waals surface area contributed by atoms with Gasteiger partial charge >= 0.3 is 0 Å². The molecular formula is C31H26N8O. The highest BCUT2D eigenvalue weighted by Gasteiger charge is 2.07.